The molecular formula is C13H19N3O3. The van der Waals surface area contributed by atoms with E-state index >= 15 is 0 Å². The minimum Gasteiger partial charge on any atom is -0.476 e. The second-order valence-corrected chi connectivity index (χ2v) is 4.66. The Balaban J connectivity index is 1.90. The van der Waals surface area contributed by atoms with Crippen LogP contribution in [-0.2, 0) is 4.74 Å². The van der Waals surface area contributed by atoms with E-state index < -0.39 is 5.97 Å². The van der Waals surface area contributed by atoms with E-state index in [1.807, 2.05) is 0 Å². The lowest BCUT2D eigenvalue weighted by Crippen LogP contribution is -2.26. The number of ether oxygens (including phenoxy) is 2. The van der Waals surface area contributed by atoms with Crippen LogP contribution in [0.2, 0.25) is 0 Å². The van der Waals surface area contributed by atoms with Crippen molar-refractivity contribution < 1.29 is 14.3 Å². The van der Waals surface area contributed by atoms with Crippen molar-refractivity contribution in [2.24, 2.45) is 0 Å². The molecule has 1 aromatic heterocycles. The molecule has 0 atom stereocenters. The van der Waals surface area contributed by atoms with Crippen molar-refractivity contribution in [3.8, 4) is 5.88 Å². The molecule has 0 bridgehead atoms. The molecule has 6 heteroatoms. The first-order valence-electron chi connectivity index (χ1n) is 6.28. The average molecular weight is 265 g/mol. The lowest BCUT2D eigenvalue weighted by molar-refractivity contribution is 0.0601. The van der Waals surface area contributed by atoms with E-state index in [1.165, 1.54) is 32.2 Å². The second-order valence-electron chi connectivity index (χ2n) is 4.66. The number of aromatic nitrogens is 1. The van der Waals surface area contributed by atoms with Gasteiger partial charge in [0.25, 0.3) is 0 Å². The minimum atomic E-state index is -0.486. The summed E-state index contributed by atoms with van der Waals surface area (Å²) in [7, 11) is 3.39. The number of hydrogen-bond donors (Lipinski definition) is 1. The van der Waals surface area contributed by atoms with Gasteiger partial charge in [0.15, 0.2) is 0 Å². The van der Waals surface area contributed by atoms with Crippen molar-refractivity contribution in [1.29, 1.82) is 0 Å². The van der Waals surface area contributed by atoms with E-state index in [2.05, 4.69) is 21.7 Å². The number of likely N-dealkylation sites (N-methyl/N-ethyl adjacent to an activating group) is 1. The Morgan fingerprint density at radius 2 is 2.32 bits per heavy atom. The number of nitrogens with two attached hydrogens (primary N) is 1. The maximum absolute atomic E-state index is 11.5. The fraction of sp³-hybridized carbons (Fsp3) is 0.538. The van der Waals surface area contributed by atoms with Gasteiger partial charge in [-0.2, -0.15) is 0 Å². The number of pyridine rings is 1. The highest BCUT2D eigenvalue weighted by Gasteiger charge is 2.25. The van der Waals surface area contributed by atoms with Crippen LogP contribution in [0.5, 0.6) is 5.88 Å². The molecule has 0 unspecified atom stereocenters. The molecule has 0 radical (unpaired) electrons. The van der Waals surface area contributed by atoms with Crippen molar-refractivity contribution in [3.63, 3.8) is 0 Å². The smallest absolute Gasteiger partial charge is 0.340 e. The predicted molar refractivity (Wildman–Crippen MR) is 71.1 cm³/mol. The number of esters is 1. The third-order valence-electron chi connectivity index (χ3n) is 3.18. The van der Waals surface area contributed by atoms with Gasteiger partial charge in [0, 0.05) is 18.7 Å². The van der Waals surface area contributed by atoms with Crippen LogP contribution in [0.4, 0.5) is 5.69 Å². The number of carbonyl (C=O) groups excluding carboxylic acids is 1. The molecule has 2 N–H and O–H groups in total. The van der Waals surface area contributed by atoms with E-state index in [0.29, 0.717) is 18.5 Å². The molecule has 104 valence electrons. The van der Waals surface area contributed by atoms with Crippen LogP contribution >= 0.6 is 0 Å². The van der Waals surface area contributed by atoms with Crippen molar-refractivity contribution in [3.05, 3.63) is 17.8 Å². The summed E-state index contributed by atoms with van der Waals surface area (Å²) in [5, 5.41) is 0. The Hall–Kier alpha value is -1.82. The molecule has 6 nitrogen and oxygen atoms in total. The fourth-order valence-corrected chi connectivity index (χ4v) is 1.80. The third-order valence-corrected chi connectivity index (χ3v) is 3.18. The second kappa shape index (κ2) is 5.88. The van der Waals surface area contributed by atoms with Gasteiger partial charge in [-0.3, -0.25) is 0 Å². The fourth-order valence-electron chi connectivity index (χ4n) is 1.80. The number of anilines is 1. The summed E-state index contributed by atoms with van der Waals surface area (Å²) in [6.45, 7) is 1.37. The Morgan fingerprint density at radius 3 is 2.95 bits per heavy atom. The molecule has 0 saturated heterocycles. The van der Waals surface area contributed by atoms with E-state index in [-0.39, 0.29) is 11.3 Å². The summed E-state index contributed by atoms with van der Waals surface area (Å²) in [6.07, 6.45) is 3.94. The largest absolute Gasteiger partial charge is 0.476 e. The Bertz CT molecular complexity index is 460. The summed E-state index contributed by atoms with van der Waals surface area (Å²) in [5.41, 5.74) is 6.23. The maximum Gasteiger partial charge on any atom is 0.340 e. The first-order valence-corrected chi connectivity index (χ1v) is 6.28. The first-order chi connectivity index (χ1) is 9.11. The summed E-state index contributed by atoms with van der Waals surface area (Å²) in [4.78, 5) is 17.8. The highest BCUT2D eigenvalue weighted by molar-refractivity contribution is 5.95. The van der Waals surface area contributed by atoms with Gasteiger partial charge in [-0.15, -0.1) is 0 Å². The van der Waals surface area contributed by atoms with Crippen LogP contribution < -0.4 is 10.5 Å². The standard InChI is InChI=1S/C13H19N3O3/c1-16(9-3-4-9)5-6-19-12-7-10(13(17)18-2)11(14)8-15-12/h7-9H,3-6,14H2,1-2H3. The summed E-state index contributed by atoms with van der Waals surface area (Å²) in [5.74, 6) is -0.0985. The topological polar surface area (TPSA) is 77.7 Å². The molecule has 0 spiro atoms. The molecule has 0 aliphatic heterocycles. The molecule has 1 aromatic rings. The van der Waals surface area contributed by atoms with Gasteiger partial charge in [-0.25, -0.2) is 9.78 Å². The summed E-state index contributed by atoms with van der Waals surface area (Å²) < 4.78 is 10.2. The zero-order chi connectivity index (χ0) is 13.8. The molecule has 1 aliphatic carbocycles. The summed E-state index contributed by atoms with van der Waals surface area (Å²) in [6, 6.07) is 2.21. The maximum atomic E-state index is 11.5. The van der Waals surface area contributed by atoms with Crippen LogP contribution in [-0.4, -0.2) is 49.2 Å². The first kappa shape index (κ1) is 13.6. The average Bonchev–Trinajstić information content (AvgIpc) is 3.24. The van der Waals surface area contributed by atoms with Crippen LogP contribution in [0, 0.1) is 0 Å². The van der Waals surface area contributed by atoms with Gasteiger partial charge in [-0.05, 0) is 19.9 Å². The number of carbonyl (C=O) groups is 1. The number of nitrogens with zero attached hydrogens (tertiary/aromatic N) is 2. The number of hydrogen-bond acceptors (Lipinski definition) is 6. The molecule has 1 fully saturated rings. The molecule has 0 aromatic carbocycles. The molecule has 2 rings (SSSR count). The van der Waals surface area contributed by atoms with E-state index in [9.17, 15) is 4.79 Å². The molecular weight excluding hydrogens is 246 g/mol. The predicted octanol–water partition coefficient (Wildman–Crippen LogP) is 0.923. The van der Waals surface area contributed by atoms with E-state index in [0.717, 1.165) is 6.54 Å². The van der Waals surface area contributed by atoms with Crippen molar-refractivity contribution >= 4 is 11.7 Å². The molecule has 19 heavy (non-hydrogen) atoms. The van der Waals surface area contributed by atoms with Gasteiger partial charge < -0.3 is 20.1 Å². The normalized spacial score (nSPS) is 14.5. The quantitative estimate of drug-likeness (QED) is 0.771. The van der Waals surface area contributed by atoms with Crippen LogP contribution in [0.15, 0.2) is 12.3 Å². The van der Waals surface area contributed by atoms with Gasteiger partial charge in [0.05, 0.1) is 24.6 Å². The zero-order valence-electron chi connectivity index (χ0n) is 11.3. The molecule has 1 heterocycles. The van der Waals surface area contributed by atoms with Crippen LogP contribution in [0.1, 0.15) is 23.2 Å². The van der Waals surface area contributed by atoms with Gasteiger partial charge >= 0.3 is 5.97 Å². The Kier molecular flexibility index (Phi) is 4.21. The van der Waals surface area contributed by atoms with Crippen molar-refractivity contribution in [2.45, 2.75) is 18.9 Å². The monoisotopic (exact) mass is 265 g/mol. The van der Waals surface area contributed by atoms with Gasteiger partial charge in [-0.1, -0.05) is 0 Å². The van der Waals surface area contributed by atoms with Crippen LogP contribution in [0.3, 0.4) is 0 Å². The van der Waals surface area contributed by atoms with Crippen molar-refractivity contribution in [2.75, 3.05) is 33.0 Å². The SMILES string of the molecule is COC(=O)c1cc(OCCN(C)C2CC2)ncc1N. The lowest BCUT2D eigenvalue weighted by atomic mass is 10.2. The highest BCUT2D eigenvalue weighted by Crippen LogP contribution is 2.25. The third kappa shape index (κ3) is 3.57. The zero-order valence-corrected chi connectivity index (χ0v) is 11.3. The van der Waals surface area contributed by atoms with E-state index in [4.69, 9.17) is 10.5 Å². The minimum absolute atomic E-state index is 0.281. The number of nitrogen functional groups attached to an aromatic ring is 1. The molecule has 0 amide bonds. The van der Waals surface area contributed by atoms with Crippen molar-refractivity contribution in [1.82, 2.24) is 9.88 Å². The highest BCUT2D eigenvalue weighted by atomic mass is 16.5. The van der Waals surface area contributed by atoms with E-state index in [1.54, 1.807) is 0 Å². The van der Waals surface area contributed by atoms with Gasteiger partial charge in [0.2, 0.25) is 5.88 Å². The molecule has 1 saturated carbocycles. The Morgan fingerprint density at radius 1 is 1.58 bits per heavy atom. The van der Waals surface area contributed by atoms with Gasteiger partial charge in [0.1, 0.15) is 6.61 Å². The van der Waals surface area contributed by atoms with Crippen LogP contribution in [0.25, 0.3) is 0 Å². The number of rotatable bonds is 6. The molecule has 1 aliphatic rings. The Labute approximate surface area is 112 Å². The summed E-state index contributed by atoms with van der Waals surface area (Å²) >= 11 is 0. The number of methoxy groups -OCH3 is 1. The lowest BCUT2D eigenvalue weighted by Gasteiger charge is -2.15.